The SMILES string of the molecule is Cc1cc(N2CCC(N3CCC[C@@H]3C)C2)ccc1N1CCC2(CCN(C(=O)c3ccc(OC(F)(F)F)cc3)CC2)C1=O. The highest BCUT2D eigenvalue weighted by atomic mass is 19.4. The fourth-order valence-corrected chi connectivity index (χ4v) is 7.52. The zero-order valence-corrected chi connectivity index (χ0v) is 24.3. The van der Waals surface area contributed by atoms with Gasteiger partial charge in [0, 0.05) is 61.7 Å². The summed E-state index contributed by atoms with van der Waals surface area (Å²) in [6, 6.07) is 12.7. The Labute approximate surface area is 245 Å². The molecule has 7 nitrogen and oxygen atoms in total. The van der Waals surface area contributed by atoms with Gasteiger partial charge in [0.15, 0.2) is 0 Å². The molecule has 42 heavy (non-hydrogen) atoms. The van der Waals surface area contributed by atoms with Crippen molar-refractivity contribution in [2.24, 2.45) is 5.41 Å². The number of aryl methyl sites for hydroxylation is 1. The monoisotopic (exact) mass is 584 g/mol. The summed E-state index contributed by atoms with van der Waals surface area (Å²) >= 11 is 0. The summed E-state index contributed by atoms with van der Waals surface area (Å²) in [5, 5.41) is 0. The van der Waals surface area contributed by atoms with E-state index in [-0.39, 0.29) is 17.6 Å². The van der Waals surface area contributed by atoms with E-state index in [1.807, 2.05) is 4.90 Å². The van der Waals surface area contributed by atoms with Crippen molar-refractivity contribution < 1.29 is 27.5 Å². The Balaban J connectivity index is 1.06. The van der Waals surface area contributed by atoms with E-state index in [9.17, 15) is 22.8 Å². The van der Waals surface area contributed by atoms with Crippen molar-refractivity contribution in [3.05, 3.63) is 53.6 Å². The second-order valence-electron chi connectivity index (χ2n) is 12.4. The number of amides is 2. The molecule has 0 bridgehead atoms. The number of alkyl halides is 3. The average Bonchev–Trinajstić information content (AvgIpc) is 3.68. The molecule has 4 fully saturated rings. The van der Waals surface area contributed by atoms with E-state index in [4.69, 9.17) is 0 Å². The first-order chi connectivity index (χ1) is 20.0. The van der Waals surface area contributed by atoms with Gasteiger partial charge in [0.25, 0.3) is 5.91 Å². The minimum absolute atomic E-state index is 0.128. The average molecular weight is 585 g/mol. The van der Waals surface area contributed by atoms with Crippen LogP contribution < -0.4 is 14.5 Å². The Morgan fingerprint density at radius 3 is 2.31 bits per heavy atom. The standard InChI is InChI=1S/C32H39F3N4O3/c1-22-20-25(37-16-11-26(21-37)38-15-3-4-23(38)2)7-10-28(22)39-19-14-31(30(39)41)12-17-36(18-13-31)29(40)24-5-8-27(9-6-24)42-32(33,34)35/h5-10,20,23,26H,3-4,11-19,21H2,1-2H3/t23-,26?/m0/s1. The van der Waals surface area contributed by atoms with E-state index >= 15 is 0 Å². The van der Waals surface area contributed by atoms with E-state index in [1.54, 1.807) is 4.90 Å². The molecule has 0 aromatic heterocycles. The number of rotatable bonds is 5. The molecule has 1 unspecified atom stereocenters. The van der Waals surface area contributed by atoms with Crippen molar-refractivity contribution in [1.82, 2.24) is 9.80 Å². The molecule has 6 rings (SSSR count). The number of nitrogens with zero attached hydrogens (tertiary/aromatic N) is 4. The summed E-state index contributed by atoms with van der Waals surface area (Å²) in [7, 11) is 0. The van der Waals surface area contributed by atoms with E-state index < -0.39 is 11.8 Å². The Bertz CT molecular complexity index is 1320. The summed E-state index contributed by atoms with van der Waals surface area (Å²) in [6.07, 6.45) is 0.897. The van der Waals surface area contributed by atoms with Crippen LogP contribution in [0.15, 0.2) is 42.5 Å². The smallest absolute Gasteiger partial charge is 0.406 e. The van der Waals surface area contributed by atoms with E-state index in [2.05, 4.69) is 46.6 Å². The molecule has 0 aliphatic carbocycles. The number of halogens is 3. The van der Waals surface area contributed by atoms with Crippen LogP contribution >= 0.6 is 0 Å². The molecule has 2 atom stereocenters. The molecular formula is C32H39F3N4O3. The summed E-state index contributed by atoms with van der Waals surface area (Å²) in [6.45, 7) is 9.26. The lowest BCUT2D eigenvalue weighted by molar-refractivity contribution is -0.274. The fourth-order valence-electron chi connectivity index (χ4n) is 7.52. The lowest BCUT2D eigenvalue weighted by Gasteiger charge is -2.38. The van der Waals surface area contributed by atoms with Gasteiger partial charge in [-0.3, -0.25) is 14.5 Å². The van der Waals surface area contributed by atoms with Gasteiger partial charge in [-0.1, -0.05) is 0 Å². The molecule has 0 radical (unpaired) electrons. The van der Waals surface area contributed by atoms with Gasteiger partial charge in [-0.2, -0.15) is 0 Å². The molecule has 4 heterocycles. The van der Waals surface area contributed by atoms with Crippen LogP contribution in [0.1, 0.15) is 61.4 Å². The number of benzene rings is 2. The first-order valence-corrected chi connectivity index (χ1v) is 15.1. The minimum atomic E-state index is -4.78. The minimum Gasteiger partial charge on any atom is -0.406 e. The van der Waals surface area contributed by atoms with Crippen molar-refractivity contribution in [3.63, 3.8) is 0 Å². The first kappa shape index (κ1) is 28.8. The fraction of sp³-hybridized carbons (Fsp3) is 0.562. The number of carbonyl (C=O) groups is 2. The number of hydrogen-bond donors (Lipinski definition) is 0. The van der Waals surface area contributed by atoms with Crippen LogP contribution in [0.2, 0.25) is 0 Å². The highest BCUT2D eigenvalue weighted by Gasteiger charge is 2.49. The summed E-state index contributed by atoms with van der Waals surface area (Å²) in [4.78, 5) is 35.6. The second-order valence-corrected chi connectivity index (χ2v) is 12.4. The van der Waals surface area contributed by atoms with Gasteiger partial charge in [-0.05, 0) is 107 Å². The highest BCUT2D eigenvalue weighted by Crippen LogP contribution is 2.44. The third kappa shape index (κ3) is 5.57. The predicted molar refractivity (Wildman–Crippen MR) is 155 cm³/mol. The van der Waals surface area contributed by atoms with Crippen LogP contribution in [0.3, 0.4) is 0 Å². The maximum atomic E-state index is 13.8. The van der Waals surface area contributed by atoms with Crippen LogP contribution in [0.5, 0.6) is 5.75 Å². The van der Waals surface area contributed by atoms with Crippen LogP contribution in [-0.2, 0) is 4.79 Å². The second kappa shape index (κ2) is 11.1. The number of ether oxygens (including phenoxy) is 1. The molecule has 4 aliphatic heterocycles. The Morgan fingerprint density at radius 2 is 1.67 bits per heavy atom. The Kier molecular flexibility index (Phi) is 7.62. The predicted octanol–water partition coefficient (Wildman–Crippen LogP) is 5.62. The molecule has 2 aromatic rings. The highest BCUT2D eigenvalue weighted by molar-refractivity contribution is 6.01. The third-order valence-electron chi connectivity index (χ3n) is 9.93. The zero-order valence-electron chi connectivity index (χ0n) is 24.3. The zero-order chi connectivity index (χ0) is 29.6. The molecular weight excluding hydrogens is 545 g/mol. The van der Waals surface area contributed by atoms with Gasteiger partial charge in [0.2, 0.25) is 5.91 Å². The molecule has 226 valence electrons. The quantitative estimate of drug-likeness (QED) is 0.457. The summed E-state index contributed by atoms with van der Waals surface area (Å²) in [5.41, 5.74) is 3.10. The molecule has 1 spiro atoms. The lowest BCUT2D eigenvalue weighted by atomic mass is 9.77. The van der Waals surface area contributed by atoms with Gasteiger partial charge in [0.05, 0.1) is 5.41 Å². The number of piperidine rings is 1. The van der Waals surface area contributed by atoms with Gasteiger partial charge < -0.3 is 19.4 Å². The molecule has 4 saturated heterocycles. The van der Waals surface area contributed by atoms with Crippen molar-refractivity contribution in [1.29, 1.82) is 0 Å². The molecule has 2 aromatic carbocycles. The molecule has 10 heteroatoms. The lowest BCUT2D eigenvalue weighted by Crippen LogP contribution is -2.46. The largest absolute Gasteiger partial charge is 0.573 e. The van der Waals surface area contributed by atoms with Crippen LogP contribution in [0, 0.1) is 12.3 Å². The van der Waals surface area contributed by atoms with Crippen LogP contribution in [-0.4, -0.2) is 79.3 Å². The van der Waals surface area contributed by atoms with Gasteiger partial charge in [0.1, 0.15) is 5.75 Å². The van der Waals surface area contributed by atoms with Crippen molar-refractivity contribution in [2.45, 2.75) is 70.8 Å². The first-order valence-electron chi connectivity index (χ1n) is 15.1. The Morgan fingerprint density at radius 1 is 0.952 bits per heavy atom. The molecule has 0 saturated carbocycles. The van der Waals surface area contributed by atoms with Crippen LogP contribution in [0.25, 0.3) is 0 Å². The van der Waals surface area contributed by atoms with E-state index in [0.717, 1.165) is 42.9 Å². The number of likely N-dealkylation sites (tertiary alicyclic amines) is 2. The van der Waals surface area contributed by atoms with Crippen LogP contribution in [0.4, 0.5) is 24.5 Å². The number of hydrogen-bond acceptors (Lipinski definition) is 5. The molecule has 4 aliphatic rings. The van der Waals surface area contributed by atoms with Crippen molar-refractivity contribution in [2.75, 3.05) is 49.1 Å². The topological polar surface area (TPSA) is 56.3 Å². The van der Waals surface area contributed by atoms with Gasteiger partial charge in [-0.15, -0.1) is 13.2 Å². The van der Waals surface area contributed by atoms with Crippen molar-refractivity contribution >= 4 is 23.2 Å². The summed E-state index contributed by atoms with van der Waals surface area (Å²) < 4.78 is 41.2. The van der Waals surface area contributed by atoms with E-state index in [0.29, 0.717) is 50.1 Å². The number of anilines is 2. The maximum absolute atomic E-state index is 13.8. The van der Waals surface area contributed by atoms with Gasteiger partial charge in [-0.25, -0.2) is 0 Å². The number of carbonyl (C=O) groups excluding carboxylic acids is 2. The van der Waals surface area contributed by atoms with Gasteiger partial charge >= 0.3 is 6.36 Å². The molecule has 0 N–H and O–H groups in total. The Hall–Kier alpha value is -3.27. The normalized spacial score (nSPS) is 24.7. The van der Waals surface area contributed by atoms with E-state index in [1.165, 1.54) is 43.6 Å². The van der Waals surface area contributed by atoms with Crippen molar-refractivity contribution in [3.8, 4) is 5.75 Å². The maximum Gasteiger partial charge on any atom is 0.573 e. The third-order valence-corrected chi connectivity index (χ3v) is 9.93. The summed E-state index contributed by atoms with van der Waals surface area (Å²) in [5.74, 6) is -0.484. The molecule has 2 amide bonds.